The maximum absolute atomic E-state index is 12.9. The van der Waals surface area contributed by atoms with Crippen molar-refractivity contribution >= 4 is 23.8 Å². The summed E-state index contributed by atoms with van der Waals surface area (Å²) in [6.07, 6.45) is 6.64. The van der Waals surface area contributed by atoms with Gasteiger partial charge in [-0.1, -0.05) is 6.08 Å². The predicted molar refractivity (Wildman–Crippen MR) is 106 cm³/mol. The first-order chi connectivity index (χ1) is 14.5. The van der Waals surface area contributed by atoms with E-state index in [-0.39, 0.29) is 37.7 Å². The number of carbonyl (C=O) groups excluding carboxylic acids is 4. The lowest BCUT2D eigenvalue weighted by atomic mass is 10.1. The van der Waals surface area contributed by atoms with Gasteiger partial charge in [0, 0.05) is 38.4 Å². The molecule has 2 heterocycles. The molecule has 0 radical (unpaired) electrons. The van der Waals surface area contributed by atoms with Gasteiger partial charge in [-0.25, -0.2) is 9.78 Å². The van der Waals surface area contributed by atoms with Crippen molar-refractivity contribution < 1.29 is 23.9 Å². The highest BCUT2D eigenvalue weighted by Gasteiger charge is 2.43. The van der Waals surface area contributed by atoms with Crippen molar-refractivity contribution in [2.24, 2.45) is 0 Å². The van der Waals surface area contributed by atoms with E-state index in [2.05, 4.69) is 37.2 Å². The largest absolute Gasteiger partial charge is 0.469 e. The fourth-order valence-electron chi connectivity index (χ4n) is 3.09. The van der Waals surface area contributed by atoms with Crippen LogP contribution in [0.3, 0.4) is 0 Å². The van der Waals surface area contributed by atoms with E-state index >= 15 is 0 Å². The van der Waals surface area contributed by atoms with Gasteiger partial charge in [-0.05, 0) is 12.8 Å². The van der Waals surface area contributed by atoms with Gasteiger partial charge in [0.05, 0.1) is 19.3 Å². The van der Waals surface area contributed by atoms with Crippen LogP contribution in [0.4, 0.5) is 4.79 Å². The van der Waals surface area contributed by atoms with Gasteiger partial charge in [-0.2, -0.15) is 0 Å². The Morgan fingerprint density at radius 2 is 2.10 bits per heavy atom. The van der Waals surface area contributed by atoms with Crippen LogP contribution in [0.1, 0.15) is 29.8 Å². The molecule has 4 amide bonds. The Labute approximate surface area is 174 Å². The Kier molecular flexibility index (Phi) is 8.73. The first kappa shape index (κ1) is 22.8. The lowest BCUT2D eigenvalue weighted by molar-refractivity contribution is -0.140. The van der Waals surface area contributed by atoms with Gasteiger partial charge in [0.25, 0.3) is 5.91 Å². The zero-order valence-corrected chi connectivity index (χ0v) is 16.8. The lowest BCUT2D eigenvalue weighted by Gasteiger charge is -2.27. The number of nitrogens with zero attached hydrogens (tertiary/aromatic N) is 3. The molecule has 1 aromatic heterocycles. The molecular formula is C19H26N6O5. The van der Waals surface area contributed by atoms with Gasteiger partial charge < -0.3 is 25.6 Å². The van der Waals surface area contributed by atoms with Crippen molar-refractivity contribution in [2.75, 3.05) is 26.7 Å². The van der Waals surface area contributed by atoms with E-state index in [1.807, 2.05) is 0 Å². The summed E-state index contributed by atoms with van der Waals surface area (Å²) < 4.78 is 4.57. The Hall–Kier alpha value is -3.50. The zero-order chi connectivity index (χ0) is 21.9. The molecule has 0 aliphatic carbocycles. The van der Waals surface area contributed by atoms with E-state index in [4.69, 9.17) is 0 Å². The lowest BCUT2D eigenvalue weighted by Crippen LogP contribution is -2.56. The van der Waals surface area contributed by atoms with Crippen molar-refractivity contribution in [3.05, 3.63) is 36.9 Å². The van der Waals surface area contributed by atoms with Crippen LogP contribution in [0.2, 0.25) is 0 Å². The van der Waals surface area contributed by atoms with Gasteiger partial charge in [0.15, 0.2) is 0 Å². The highest BCUT2D eigenvalue weighted by molar-refractivity contribution is 5.97. The summed E-state index contributed by atoms with van der Waals surface area (Å²) in [6.45, 7) is 4.30. The Balaban J connectivity index is 2.08. The van der Waals surface area contributed by atoms with E-state index in [9.17, 15) is 19.2 Å². The third-order valence-electron chi connectivity index (χ3n) is 4.52. The van der Waals surface area contributed by atoms with E-state index in [1.54, 1.807) is 0 Å². The van der Waals surface area contributed by atoms with Gasteiger partial charge in [-0.15, -0.1) is 6.58 Å². The van der Waals surface area contributed by atoms with Gasteiger partial charge in [0.1, 0.15) is 11.7 Å². The third-order valence-corrected chi connectivity index (χ3v) is 4.52. The number of carbonyl (C=O) groups is 4. The van der Waals surface area contributed by atoms with Gasteiger partial charge in [-0.3, -0.25) is 19.4 Å². The molecule has 11 heteroatoms. The summed E-state index contributed by atoms with van der Waals surface area (Å²) >= 11 is 0. The molecule has 11 nitrogen and oxygen atoms in total. The molecular weight excluding hydrogens is 392 g/mol. The minimum Gasteiger partial charge on any atom is -0.469 e. The van der Waals surface area contributed by atoms with Crippen LogP contribution in [-0.2, 0) is 14.3 Å². The molecule has 1 aliphatic rings. The fourth-order valence-corrected chi connectivity index (χ4v) is 3.09. The number of rotatable bonds is 9. The van der Waals surface area contributed by atoms with Crippen molar-refractivity contribution in [2.45, 2.75) is 31.3 Å². The first-order valence-corrected chi connectivity index (χ1v) is 9.54. The van der Waals surface area contributed by atoms with E-state index in [0.717, 1.165) is 0 Å². The third kappa shape index (κ3) is 6.26. The molecule has 1 aliphatic heterocycles. The average Bonchev–Trinajstić information content (AvgIpc) is 3.18. The summed E-state index contributed by atoms with van der Waals surface area (Å²) in [5, 5.41) is 8.05. The van der Waals surface area contributed by atoms with E-state index < -0.39 is 29.9 Å². The van der Waals surface area contributed by atoms with Gasteiger partial charge in [0.2, 0.25) is 5.91 Å². The van der Waals surface area contributed by atoms with Crippen molar-refractivity contribution in [1.29, 1.82) is 0 Å². The van der Waals surface area contributed by atoms with E-state index in [1.165, 1.54) is 36.7 Å². The number of methoxy groups -OCH3 is 1. The molecule has 0 saturated carbocycles. The molecule has 1 fully saturated rings. The maximum atomic E-state index is 12.9. The quantitative estimate of drug-likeness (QED) is 0.282. The second kappa shape index (κ2) is 11.5. The number of urea groups is 1. The molecule has 1 saturated heterocycles. The second-order valence-electron chi connectivity index (χ2n) is 6.54. The Morgan fingerprint density at radius 3 is 2.77 bits per heavy atom. The van der Waals surface area contributed by atoms with Crippen LogP contribution < -0.4 is 16.0 Å². The minimum atomic E-state index is -0.924. The van der Waals surface area contributed by atoms with Crippen LogP contribution >= 0.6 is 0 Å². The number of amides is 4. The van der Waals surface area contributed by atoms with Crippen LogP contribution in [-0.4, -0.2) is 77.5 Å². The smallest absolute Gasteiger partial charge is 0.315 e. The van der Waals surface area contributed by atoms with Gasteiger partial charge >= 0.3 is 12.0 Å². The highest BCUT2D eigenvalue weighted by atomic mass is 16.5. The molecule has 0 unspecified atom stereocenters. The monoisotopic (exact) mass is 418 g/mol. The van der Waals surface area contributed by atoms with Crippen molar-refractivity contribution in [3.63, 3.8) is 0 Å². The zero-order valence-electron chi connectivity index (χ0n) is 16.8. The standard InChI is InChI=1S/C19H26N6O5/c1-3-7-23-19(29)24-13-6-11-25(18(28)14-12-20-9-10-21-14)16(13)17(27)22-8-4-5-15(26)30-2/h3,9-10,12-13,16H,1,4-8,11H2,2H3,(H,22,27)(H2,23,24,29)/t13-,16-/m0/s1. The predicted octanol–water partition coefficient (Wildman–Crippen LogP) is -0.386. The number of ether oxygens (including phenoxy) is 1. The number of esters is 1. The summed E-state index contributed by atoms with van der Waals surface area (Å²) in [5.41, 5.74) is 0.109. The summed E-state index contributed by atoms with van der Waals surface area (Å²) in [6, 6.07) is -1.97. The number of aromatic nitrogens is 2. The second-order valence-corrected chi connectivity index (χ2v) is 6.54. The molecule has 30 heavy (non-hydrogen) atoms. The highest BCUT2D eigenvalue weighted by Crippen LogP contribution is 2.21. The SMILES string of the molecule is C=CCNC(=O)N[C@H]1CCN(C(=O)c2cnccn2)[C@@H]1C(=O)NCCCC(=O)OC. The molecule has 162 valence electrons. The normalized spacial score (nSPS) is 17.7. The topological polar surface area (TPSA) is 143 Å². The van der Waals surface area contributed by atoms with Crippen LogP contribution in [0, 0.1) is 0 Å². The summed E-state index contributed by atoms with van der Waals surface area (Å²) in [4.78, 5) is 58.3. The molecule has 0 aromatic carbocycles. The Morgan fingerprint density at radius 1 is 1.30 bits per heavy atom. The molecule has 0 spiro atoms. The van der Waals surface area contributed by atoms with Crippen LogP contribution in [0.5, 0.6) is 0 Å². The number of nitrogens with one attached hydrogen (secondary N) is 3. The number of hydrogen-bond acceptors (Lipinski definition) is 7. The van der Waals surface area contributed by atoms with Crippen LogP contribution in [0.15, 0.2) is 31.2 Å². The first-order valence-electron chi connectivity index (χ1n) is 9.54. The molecule has 2 rings (SSSR count). The molecule has 3 N–H and O–H groups in total. The van der Waals surface area contributed by atoms with Crippen molar-refractivity contribution in [1.82, 2.24) is 30.8 Å². The fraction of sp³-hybridized carbons (Fsp3) is 0.474. The van der Waals surface area contributed by atoms with Crippen LogP contribution in [0.25, 0.3) is 0 Å². The molecule has 0 bridgehead atoms. The minimum absolute atomic E-state index is 0.109. The Bertz CT molecular complexity index is 772. The summed E-state index contributed by atoms with van der Waals surface area (Å²) in [5.74, 6) is -1.25. The van der Waals surface area contributed by atoms with Crippen molar-refractivity contribution in [3.8, 4) is 0 Å². The molecule has 1 aromatic rings. The number of hydrogen-bond donors (Lipinski definition) is 3. The average molecular weight is 418 g/mol. The summed E-state index contributed by atoms with van der Waals surface area (Å²) in [7, 11) is 1.29. The maximum Gasteiger partial charge on any atom is 0.315 e. The van der Waals surface area contributed by atoms with E-state index in [0.29, 0.717) is 12.8 Å². The molecule has 2 atom stereocenters. The number of likely N-dealkylation sites (tertiary alicyclic amines) is 1.